The number of nitrogens with one attached hydrogen (secondary N) is 2. The van der Waals surface area contributed by atoms with Crippen molar-refractivity contribution in [2.45, 2.75) is 38.8 Å². The van der Waals surface area contributed by atoms with Gasteiger partial charge in [0.15, 0.2) is 11.6 Å². The Kier molecular flexibility index (Phi) is 7.62. The molecule has 1 amide bonds. The van der Waals surface area contributed by atoms with E-state index in [1.54, 1.807) is 18.2 Å². The summed E-state index contributed by atoms with van der Waals surface area (Å²) in [4.78, 5) is 12.1. The Bertz CT molecular complexity index is 487. The average Bonchev–Trinajstić information content (AvgIpc) is 2.47. The maximum absolute atomic E-state index is 13.5. The van der Waals surface area contributed by atoms with Crippen LogP contribution in [0.3, 0.4) is 0 Å². The van der Waals surface area contributed by atoms with Crippen molar-refractivity contribution in [3.8, 4) is 5.75 Å². The Morgan fingerprint density at radius 3 is 2.91 bits per heavy atom. The van der Waals surface area contributed by atoms with Gasteiger partial charge in [-0.1, -0.05) is 12.1 Å². The van der Waals surface area contributed by atoms with Crippen LogP contribution in [0.5, 0.6) is 5.75 Å². The van der Waals surface area contributed by atoms with Gasteiger partial charge in [-0.3, -0.25) is 4.79 Å². The molecule has 0 aromatic heterocycles. The van der Waals surface area contributed by atoms with Gasteiger partial charge in [0, 0.05) is 12.0 Å². The number of amides is 1. The first-order chi connectivity index (χ1) is 10.1. The molecule has 1 aliphatic rings. The van der Waals surface area contributed by atoms with Gasteiger partial charge in [-0.15, -0.1) is 12.4 Å². The van der Waals surface area contributed by atoms with Crippen LogP contribution in [-0.2, 0) is 4.79 Å². The van der Waals surface area contributed by atoms with Gasteiger partial charge in [0.1, 0.15) is 6.10 Å². The molecule has 1 unspecified atom stereocenters. The van der Waals surface area contributed by atoms with Crippen molar-refractivity contribution in [1.29, 1.82) is 0 Å². The number of rotatable bonds is 5. The van der Waals surface area contributed by atoms with Crippen molar-refractivity contribution in [3.63, 3.8) is 0 Å². The fourth-order valence-electron chi connectivity index (χ4n) is 2.56. The van der Waals surface area contributed by atoms with E-state index in [1.807, 2.05) is 6.92 Å². The van der Waals surface area contributed by atoms with E-state index in [-0.39, 0.29) is 41.9 Å². The van der Waals surface area contributed by atoms with Gasteiger partial charge in [0.25, 0.3) is 0 Å². The van der Waals surface area contributed by atoms with Crippen LogP contribution < -0.4 is 15.4 Å². The highest BCUT2D eigenvalue weighted by molar-refractivity contribution is 5.85. The van der Waals surface area contributed by atoms with Crippen molar-refractivity contribution < 1.29 is 13.9 Å². The van der Waals surface area contributed by atoms with E-state index < -0.39 is 0 Å². The Morgan fingerprint density at radius 2 is 2.23 bits per heavy atom. The summed E-state index contributed by atoms with van der Waals surface area (Å²) < 4.78 is 19.0. The maximum Gasteiger partial charge on any atom is 0.223 e. The molecule has 0 spiro atoms. The Hall–Kier alpha value is -1.33. The topological polar surface area (TPSA) is 50.4 Å². The first-order valence-corrected chi connectivity index (χ1v) is 7.48. The predicted molar refractivity (Wildman–Crippen MR) is 86.9 cm³/mol. The molecule has 22 heavy (non-hydrogen) atoms. The lowest BCUT2D eigenvalue weighted by Gasteiger charge is -2.27. The Labute approximate surface area is 137 Å². The summed E-state index contributed by atoms with van der Waals surface area (Å²) in [6.07, 6.45) is 1.44. The predicted octanol–water partition coefficient (Wildman–Crippen LogP) is 2.52. The molecule has 0 saturated carbocycles. The number of ether oxygens (including phenoxy) is 1. The van der Waals surface area contributed by atoms with Crippen molar-refractivity contribution >= 4 is 18.3 Å². The summed E-state index contributed by atoms with van der Waals surface area (Å²) >= 11 is 0. The number of carbonyl (C=O) groups is 1. The van der Waals surface area contributed by atoms with Crippen LogP contribution in [0.1, 0.15) is 26.7 Å². The molecule has 4 nitrogen and oxygen atoms in total. The quantitative estimate of drug-likeness (QED) is 0.872. The zero-order chi connectivity index (χ0) is 15.2. The van der Waals surface area contributed by atoms with Gasteiger partial charge in [-0.2, -0.15) is 0 Å². The molecular weight excluding hydrogens is 307 g/mol. The summed E-state index contributed by atoms with van der Waals surface area (Å²) in [7, 11) is 0. The second-order valence-corrected chi connectivity index (χ2v) is 5.68. The summed E-state index contributed by atoms with van der Waals surface area (Å²) in [6, 6.07) is 6.66. The van der Waals surface area contributed by atoms with Gasteiger partial charge < -0.3 is 15.4 Å². The van der Waals surface area contributed by atoms with E-state index in [2.05, 4.69) is 17.6 Å². The zero-order valence-corrected chi connectivity index (χ0v) is 13.8. The molecule has 1 saturated heterocycles. The third kappa shape index (κ3) is 5.46. The summed E-state index contributed by atoms with van der Waals surface area (Å²) in [5.41, 5.74) is 0. The molecule has 1 aromatic rings. The van der Waals surface area contributed by atoms with Crippen LogP contribution in [0, 0.1) is 11.7 Å². The van der Waals surface area contributed by atoms with Crippen LogP contribution in [-0.4, -0.2) is 31.1 Å². The number of piperidine rings is 1. The summed E-state index contributed by atoms with van der Waals surface area (Å²) in [5.74, 6) is -0.0492. The van der Waals surface area contributed by atoms with E-state index in [9.17, 15) is 9.18 Å². The Morgan fingerprint density at radius 1 is 1.50 bits per heavy atom. The second-order valence-electron chi connectivity index (χ2n) is 5.68. The van der Waals surface area contributed by atoms with E-state index in [0.29, 0.717) is 12.6 Å². The molecule has 6 heteroatoms. The monoisotopic (exact) mass is 330 g/mol. The third-order valence-corrected chi connectivity index (χ3v) is 3.72. The molecule has 0 aliphatic carbocycles. The fourth-order valence-corrected chi connectivity index (χ4v) is 2.56. The minimum Gasteiger partial charge on any atom is -0.486 e. The van der Waals surface area contributed by atoms with Crippen molar-refractivity contribution in [2.24, 2.45) is 5.92 Å². The number of halogens is 2. The van der Waals surface area contributed by atoms with Crippen molar-refractivity contribution in [2.75, 3.05) is 13.1 Å². The molecule has 1 aliphatic heterocycles. The first-order valence-electron chi connectivity index (χ1n) is 7.48. The lowest BCUT2D eigenvalue weighted by molar-refractivity contribution is -0.126. The van der Waals surface area contributed by atoms with E-state index in [1.165, 1.54) is 6.07 Å². The van der Waals surface area contributed by atoms with Gasteiger partial charge in [-0.05, 0) is 45.4 Å². The van der Waals surface area contributed by atoms with Gasteiger partial charge in [0.05, 0.1) is 6.54 Å². The molecule has 0 radical (unpaired) electrons. The standard InChI is InChI=1S/C16H23FN2O2.ClH/c1-11-9-13(7-8-18-11)16(20)19-10-12(2)21-15-6-4-3-5-14(15)17;/h3-6,11-13,18H,7-10H2,1-2H3,(H,19,20);1H/t11-,12?,13-;/m0./s1. The van der Waals surface area contributed by atoms with Crippen LogP contribution in [0.4, 0.5) is 4.39 Å². The minimum atomic E-state index is -0.386. The number of benzene rings is 1. The highest BCUT2D eigenvalue weighted by atomic mass is 35.5. The molecule has 1 aromatic carbocycles. The molecule has 124 valence electrons. The highest BCUT2D eigenvalue weighted by Gasteiger charge is 2.24. The van der Waals surface area contributed by atoms with Crippen molar-refractivity contribution in [3.05, 3.63) is 30.1 Å². The minimum absolute atomic E-state index is 0. The van der Waals surface area contributed by atoms with Crippen LogP contribution in [0.2, 0.25) is 0 Å². The van der Waals surface area contributed by atoms with E-state index in [4.69, 9.17) is 4.74 Å². The number of para-hydroxylation sites is 1. The fraction of sp³-hybridized carbons (Fsp3) is 0.562. The molecule has 0 bridgehead atoms. The molecule has 1 fully saturated rings. The first kappa shape index (κ1) is 18.7. The molecule has 2 N–H and O–H groups in total. The SMILES string of the molecule is CC(CNC(=O)[C@H]1CCN[C@@H](C)C1)Oc1ccccc1F.Cl. The lowest BCUT2D eigenvalue weighted by Crippen LogP contribution is -2.44. The summed E-state index contributed by atoms with van der Waals surface area (Å²) in [5, 5.41) is 6.22. The van der Waals surface area contributed by atoms with Crippen molar-refractivity contribution in [1.82, 2.24) is 10.6 Å². The maximum atomic E-state index is 13.5. The Balaban J connectivity index is 0.00000242. The normalized spacial score (nSPS) is 22.3. The van der Waals surface area contributed by atoms with E-state index >= 15 is 0 Å². The van der Waals surface area contributed by atoms with Gasteiger partial charge >= 0.3 is 0 Å². The second kappa shape index (κ2) is 8.96. The zero-order valence-electron chi connectivity index (χ0n) is 13.0. The molecule has 1 heterocycles. The largest absolute Gasteiger partial charge is 0.486 e. The van der Waals surface area contributed by atoms with Gasteiger partial charge in [-0.25, -0.2) is 4.39 Å². The average molecular weight is 331 g/mol. The van der Waals surface area contributed by atoms with Crippen LogP contribution in [0.25, 0.3) is 0 Å². The molecule has 2 rings (SSSR count). The molecule has 3 atom stereocenters. The lowest BCUT2D eigenvalue weighted by atomic mass is 9.92. The van der Waals surface area contributed by atoms with E-state index in [0.717, 1.165) is 19.4 Å². The summed E-state index contributed by atoms with van der Waals surface area (Å²) in [6.45, 7) is 5.16. The number of hydrogen-bond donors (Lipinski definition) is 2. The van der Waals surface area contributed by atoms with Crippen LogP contribution in [0.15, 0.2) is 24.3 Å². The molecular formula is C16H24ClFN2O2. The van der Waals surface area contributed by atoms with Crippen LogP contribution >= 0.6 is 12.4 Å². The smallest absolute Gasteiger partial charge is 0.223 e. The third-order valence-electron chi connectivity index (χ3n) is 3.72. The highest BCUT2D eigenvalue weighted by Crippen LogP contribution is 2.18. The number of carbonyl (C=O) groups excluding carboxylic acids is 1. The number of hydrogen-bond acceptors (Lipinski definition) is 3. The van der Waals surface area contributed by atoms with Gasteiger partial charge in [0.2, 0.25) is 5.91 Å².